The predicted molar refractivity (Wildman–Crippen MR) is 177 cm³/mol. The lowest BCUT2D eigenvalue weighted by molar-refractivity contribution is -0.153. The molecular weight excluding hydrogens is 637 g/mol. The zero-order valence-corrected chi connectivity index (χ0v) is 27.3. The molecule has 0 aliphatic carbocycles. The Kier molecular flexibility index (Phi) is 9.02. The number of carbonyl (C=O) groups is 4. The van der Waals surface area contributed by atoms with Crippen LogP contribution in [0.15, 0.2) is 102 Å². The molecule has 2 fully saturated rings. The predicted octanol–water partition coefficient (Wildman–Crippen LogP) is 5.59. The van der Waals surface area contributed by atoms with Gasteiger partial charge in [0.1, 0.15) is 22.7 Å². The molecule has 0 saturated carbocycles. The number of aromatic hydroxyl groups is 1. The van der Waals surface area contributed by atoms with E-state index >= 15 is 0 Å². The largest absolute Gasteiger partial charge is 0.503 e. The maximum Gasteiger partial charge on any atom is 0.408 e. The first-order valence-corrected chi connectivity index (χ1v) is 16.5. The number of β-lactam (4-membered cyclic amide) rings is 1. The molecular formula is C36H34FN3O7S. The highest BCUT2D eigenvalue weighted by Crippen LogP contribution is 2.43. The highest BCUT2D eigenvalue weighted by Gasteiger charge is 2.55. The number of alkyl carbamates (subject to hydrolysis) is 1. The molecule has 248 valence electrons. The summed E-state index contributed by atoms with van der Waals surface area (Å²) in [7, 11) is 0. The van der Waals surface area contributed by atoms with Crippen LogP contribution in [0.1, 0.15) is 44.4 Å². The lowest BCUT2D eigenvalue weighted by Crippen LogP contribution is -2.70. The molecule has 0 bridgehead atoms. The standard InChI is InChI=1S/C36H34FN3O7S/c1-36(2,3)47-35(45)38-27-32(43)40-28(34(44)46-30(21-11-6-4-7-12-21)22-13-8-5-9-14-22)24(20-48-33(27)40)19-23-17-18-39(31(23)42)26-16-10-15-25(37)29(26)41/h4-16,19,27,30,33,41H,17-18,20H2,1-3H3,(H,38,45)/t27-,33-/m1/s1. The molecule has 48 heavy (non-hydrogen) atoms. The van der Waals surface area contributed by atoms with E-state index in [1.54, 1.807) is 26.8 Å². The quantitative estimate of drug-likeness (QED) is 0.189. The molecule has 0 aromatic heterocycles. The fraction of sp³-hybridized carbons (Fsp3) is 0.278. The number of halogens is 1. The number of esters is 1. The molecule has 10 nitrogen and oxygen atoms in total. The number of nitrogens with one attached hydrogen (secondary N) is 1. The van der Waals surface area contributed by atoms with Crippen molar-refractivity contribution in [2.24, 2.45) is 0 Å². The Hall–Kier alpha value is -5.10. The number of anilines is 1. The van der Waals surface area contributed by atoms with Crippen LogP contribution < -0.4 is 10.2 Å². The van der Waals surface area contributed by atoms with E-state index in [4.69, 9.17) is 9.47 Å². The first-order valence-electron chi connectivity index (χ1n) is 15.4. The number of benzene rings is 3. The molecule has 2 N–H and O–H groups in total. The van der Waals surface area contributed by atoms with E-state index in [0.29, 0.717) is 11.1 Å². The van der Waals surface area contributed by atoms with Crippen LogP contribution in [-0.4, -0.2) is 63.2 Å². The minimum Gasteiger partial charge on any atom is -0.503 e. The maximum absolute atomic E-state index is 14.2. The third-order valence-corrected chi connectivity index (χ3v) is 9.32. The number of para-hydroxylation sites is 1. The van der Waals surface area contributed by atoms with Crippen molar-refractivity contribution < 1.29 is 38.1 Å². The van der Waals surface area contributed by atoms with Crippen LogP contribution >= 0.6 is 11.8 Å². The Bertz CT molecular complexity index is 1780. The number of thioether (sulfide) groups is 1. The second kappa shape index (κ2) is 13.2. The van der Waals surface area contributed by atoms with Crippen molar-refractivity contribution in [1.82, 2.24) is 10.2 Å². The van der Waals surface area contributed by atoms with Gasteiger partial charge in [-0.2, -0.15) is 0 Å². The molecule has 0 unspecified atom stereocenters. The normalized spacial score (nSPS) is 20.1. The fourth-order valence-corrected chi connectivity index (χ4v) is 7.14. The van der Waals surface area contributed by atoms with E-state index in [2.05, 4.69) is 5.32 Å². The molecule has 3 aliphatic heterocycles. The van der Waals surface area contributed by atoms with Gasteiger partial charge < -0.3 is 24.8 Å². The van der Waals surface area contributed by atoms with Gasteiger partial charge in [-0.25, -0.2) is 14.0 Å². The van der Waals surface area contributed by atoms with Gasteiger partial charge in [0.2, 0.25) is 0 Å². The number of phenols is 1. The summed E-state index contributed by atoms with van der Waals surface area (Å²) >= 11 is 1.32. The molecule has 0 spiro atoms. The third-order valence-electron chi connectivity index (χ3n) is 8.02. The molecule has 3 heterocycles. The van der Waals surface area contributed by atoms with E-state index in [1.807, 2.05) is 60.7 Å². The van der Waals surface area contributed by atoms with Gasteiger partial charge in [-0.15, -0.1) is 11.8 Å². The van der Waals surface area contributed by atoms with E-state index in [-0.39, 0.29) is 30.1 Å². The van der Waals surface area contributed by atoms with Crippen molar-refractivity contribution in [3.8, 4) is 5.75 Å². The number of hydrogen-bond donors (Lipinski definition) is 2. The highest BCUT2D eigenvalue weighted by atomic mass is 32.2. The van der Waals surface area contributed by atoms with E-state index in [0.717, 1.165) is 17.2 Å². The molecule has 3 aromatic rings. The number of hydrogen-bond acceptors (Lipinski definition) is 8. The summed E-state index contributed by atoms with van der Waals surface area (Å²) in [6.07, 6.45) is 0.260. The number of nitrogens with zero attached hydrogens (tertiary/aromatic N) is 2. The second-order valence-corrected chi connectivity index (χ2v) is 13.6. The Morgan fingerprint density at radius 1 is 1.00 bits per heavy atom. The summed E-state index contributed by atoms with van der Waals surface area (Å²) in [5.74, 6) is -3.03. The molecule has 2 atom stereocenters. The van der Waals surface area contributed by atoms with Gasteiger partial charge in [-0.3, -0.25) is 14.5 Å². The lowest BCUT2D eigenvalue weighted by Gasteiger charge is -2.49. The van der Waals surface area contributed by atoms with E-state index < -0.39 is 58.6 Å². The summed E-state index contributed by atoms with van der Waals surface area (Å²) < 4.78 is 25.6. The van der Waals surface area contributed by atoms with Crippen molar-refractivity contribution >= 4 is 41.3 Å². The number of amides is 3. The van der Waals surface area contributed by atoms with Crippen molar-refractivity contribution in [2.45, 2.75) is 50.3 Å². The molecule has 3 amide bonds. The second-order valence-electron chi connectivity index (χ2n) is 12.5. The molecule has 0 radical (unpaired) electrons. The Morgan fingerprint density at radius 3 is 2.27 bits per heavy atom. The highest BCUT2D eigenvalue weighted by molar-refractivity contribution is 8.00. The molecule has 6 rings (SSSR count). The molecule has 12 heteroatoms. The van der Waals surface area contributed by atoms with Gasteiger partial charge >= 0.3 is 12.1 Å². The van der Waals surface area contributed by atoms with Crippen molar-refractivity contribution in [3.63, 3.8) is 0 Å². The first-order chi connectivity index (χ1) is 22.9. The molecule has 2 saturated heterocycles. The van der Waals surface area contributed by atoms with Gasteiger partial charge in [-0.05, 0) is 62.1 Å². The van der Waals surface area contributed by atoms with Gasteiger partial charge in [0, 0.05) is 17.9 Å². The third kappa shape index (κ3) is 6.52. The van der Waals surface area contributed by atoms with Gasteiger partial charge in [0.25, 0.3) is 11.8 Å². The van der Waals surface area contributed by atoms with Crippen LogP contribution in [0.25, 0.3) is 0 Å². The Labute approximate surface area is 281 Å². The van der Waals surface area contributed by atoms with Crippen LogP contribution in [0.3, 0.4) is 0 Å². The van der Waals surface area contributed by atoms with Crippen molar-refractivity contribution in [2.75, 3.05) is 17.2 Å². The lowest BCUT2D eigenvalue weighted by atomic mass is 10.00. The number of rotatable bonds is 7. The number of carbonyl (C=O) groups excluding carboxylic acids is 4. The van der Waals surface area contributed by atoms with Crippen LogP contribution in [0.4, 0.5) is 14.9 Å². The average Bonchev–Trinajstić information content (AvgIpc) is 3.42. The monoisotopic (exact) mass is 671 g/mol. The topological polar surface area (TPSA) is 125 Å². The van der Waals surface area contributed by atoms with Crippen molar-refractivity contribution in [3.05, 3.63) is 119 Å². The minimum absolute atomic E-state index is 0.0322. The maximum atomic E-state index is 14.2. The van der Waals surface area contributed by atoms with Gasteiger partial charge in [-0.1, -0.05) is 66.7 Å². The van der Waals surface area contributed by atoms with Crippen LogP contribution in [0, 0.1) is 5.82 Å². The van der Waals surface area contributed by atoms with Gasteiger partial charge in [0.05, 0.1) is 5.69 Å². The van der Waals surface area contributed by atoms with Crippen LogP contribution in [0.5, 0.6) is 5.75 Å². The molecule has 3 aliphatic rings. The zero-order valence-electron chi connectivity index (χ0n) is 26.5. The summed E-state index contributed by atoms with van der Waals surface area (Å²) in [6.45, 7) is 5.32. The number of phenolic OH excluding ortho intramolecular Hbond substituents is 1. The Morgan fingerprint density at radius 2 is 1.65 bits per heavy atom. The smallest absolute Gasteiger partial charge is 0.408 e. The Balaban J connectivity index is 1.35. The fourth-order valence-electron chi connectivity index (χ4n) is 5.83. The van der Waals surface area contributed by atoms with Gasteiger partial charge in [0.15, 0.2) is 17.7 Å². The summed E-state index contributed by atoms with van der Waals surface area (Å²) in [5, 5.41) is 12.3. The average molecular weight is 672 g/mol. The summed E-state index contributed by atoms with van der Waals surface area (Å²) in [6, 6.07) is 21.4. The zero-order chi connectivity index (χ0) is 34.2. The van der Waals surface area contributed by atoms with E-state index in [1.165, 1.54) is 33.7 Å². The first kappa shape index (κ1) is 32.8. The van der Waals surface area contributed by atoms with Crippen LogP contribution in [0.2, 0.25) is 0 Å². The van der Waals surface area contributed by atoms with Crippen LogP contribution in [-0.2, 0) is 23.9 Å². The summed E-state index contributed by atoms with van der Waals surface area (Å²) in [4.78, 5) is 56.5. The number of ether oxygens (including phenoxy) is 2. The van der Waals surface area contributed by atoms with Crippen molar-refractivity contribution in [1.29, 1.82) is 0 Å². The van der Waals surface area contributed by atoms with E-state index in [9.17, 15) is 28.7 Å². The molecule has 3 aromatic carbocycles. The number of allylic oxidation sites excluding steroid dienone is 1. The summed E-state index contributed by atoms with van der Waals surface area (Å²) in [5.41, 5.74) is 1.37. The minimum atomic E-state index is -0.944. The number of fused-ring (bicyclic) bond motifs is 1. The SMILES string of the molecule is CC(C)(C)OC(=O)N[C@@H]1C(=O)N2C(C(=O)OC(c3ccccc3)c3ccccc3)=C(C=C3CCN(c4cccc(F)c4O)C3=O)CS[C@H]12.